The Morgan fingerprint density at radius 2 is 1.67 bits per heavy atom. The van der Waals surface area contributed by atoms with Crippen LogP contribution in [-0.2, 0) is 19.1 Å². The number of esters is 1. The Labute approximate surface area is 161 Å². The van der Waals surface area contributed by atoms with Gasteiger partial charge in [0.15, 0.2) is 12.4 Å². The van der Waals surface area contributed by atoms with Crippen LogP contribution in [0.2, 0.25) is 5.02 Å². The zero-order valence-electron chi connectivity index (χ0n) is 14.6. The van der Waals surface area contributed by atoms with Crippen molar-refractivity contribution in [2.24, 2.45) is 23.7 Å². The number of rotatable bonds is 5. The van der Waals surface area contributed by atoms with E-state index in [-0.39, 0.29) is 41.3 Å². The molecule has 2 fully saturated rings. The minimum atomic E-state index is -1.05. The van der Waals surface area contributed by atoms with E-state index >= 15 is 0 Å². The molecule has 27 heavy (non-hydrogen) atoms. The van der Waals surface area contributed by atoms with Gasteiger partial charge in [0.05, 0.1) is 11.8 Å². The fourth-order valence-corrected chi connectivity index (χ4v) is 4.51. The van der Waals surface area contributed by atoms with Crippen LogP contribution >= 0.6 is 11.6 Å². The second-order valence-electron chi connectivity index (χ2n) is 7.26. The maximum absolute atomic E-state index is 12.7. The van der Waals surface area contributed by atoms with E-state index in [1.807, 2.05) is 12.2 Å². The van der Waals surface area contributed by atoms with E-state index < -0.39 is 18.6 Å². The number of hydrogen-bond acceptors (Lipinski definition) is 5. The second-order valence-corrected chi connectivity index (χ2v) is 7.70. The van der Waals surface area contributed by atoms with E-state index in [4.69, 9.17) is 16.3 Å². The summed E-state index contributed by atoms with van der Waals surface area (Å²) in [4.78, 5) is 50.9. The molecule has 0 spiro atoms. The molecular formula is C20H18ClNO5. The first kappa shape index (κ1) is 17.9. The summed E-state index contributed by atoms with van der Waals surface area (Å²) >= 11 is 5.78. The van der Waals surface area contributed by atoms with Gasteiger partial charge in [0.1, 0.15) is 6.04 Å². The Bertz CT molecular complexity index is 832. The summed E-state index contributed by atoms with van der Waals surface area (Å²) in [6.45, 7) is 1.00. The van der Waals surface area contributed by atoms with Gasteiger partial charge in [-0.3, -0.25) is 19.3 Å². The molecule has 1 saturated heterocycles. The molecule has 3 aliphatic rings. The summed E-state index contributed by atoms with van der Waals surface area (Å²) in [5.74, 6) is -2.33. The average molecular weight is 388 g/mol. The Balaban J connectivity index is 1.39. The van der Waals surface area contributed by atoms with Crippen molar-refractivity contribution >= 4 is 35.2 Å². The van der Waals surface area contributed by atoms with Gasteiger partial charge in [0.25, 0.3) is 0 Å². The van der Waals surface area contributed by atoms with Crippen LogP contribution < -0.4 is 0 Å². The van der Waals surface area contributed by atoms with Crippen molar-refractivity contribution < 1.29 is 23.9 Å². The van der Waals surface area contributed by atoms with Gasteiger partial charge in [0, 0.05) is 10.6 Å². The summed E-state index contributed by atoms with van der Waals surface area (Å²) in [5, 5.41) is 0.497. The van der Waals surface area contributed by atoms with Crippen molar-refractivity contribution in [1.29, 1.82) is 0 Å². The fraction of sp³-hybridized carbons (Fsp3) is 0.400. The summed E-state index contributed by atoms with van der Waals surface area (Å²) in [5.41, 5.74) is 0.366. The molecule has 0 unspecified atom stereocenters. The summed E-state index contributed by atoms with van der Waals surface area (Å²) in [6, 6.07) is 5.18. The molecule has 5 atom stereocenters. The molecule has 2 aliphatic carbocycles. The average Bonchev–Trinajstić information content (AvgIpc) is 3.33. The molecule has 0 radical (unpaired) electrons. The lowest BCUT2D eigenvalue weighted by Gasteiger charge is -2.23. The van der Waals surface area contributed by atoms with Crippen LogP contribution in [0.1, 0.15) is 23.7 Å². The van der Waals surface area contributed by atoms with Crippen molar-refractivity contribution in [2.45, 2.75) is 19.4 Å². The molecule has 140 valence electrons. The largest absolute Gasteiger partial charge is 0.456 e. The third-order valence-electron chi connectivity index (χ3n) is 5.74. The number of amides is 2. The third-order valence-corrected chi connectivity index (χ3v) is 6.00. The molecular weight excluding hydrogens is 370 g/mol. The highest BCUT2D eigenvalue weighted by atomic mass is 35.5. The summed E-state index contributed by atoms with van der Waals surface area (Å²) in [7, 11) is 0. The number of ether oxygens (including phenoxy) is 1. The van der Waals surface area contributed by atoms with Gasteiger partial charge in [-0.05, 0) is 49.4 Å². The Kier molecular flexibility index (Phi) is 4.38. The Morgan fingerprint density at radius 1 is 1.11 bits per heavy atom. The van der Waals surface area contributed by atoms with Gasteiger partial charge in [-0.2, -0.15) is 0 Å². The number of carbonyl (C=O) groups excluding carboxylic acids is 4. The third kappa shape index (κ3) is 2.88. The van der Waals surface area contributed by atoms with Crippen LogP contribution in [0, 0.1) is 23.7 Å². The summed E-state index contributed by atoms with van der Waals surface area (Å²) in [6.07, 6.45) is 4.82. The number of hydrogen-bond donors (Lipinski definition) is 0. The zero-order valence-corrected chi connectivity index (χ0v) is 15.4. The lowest BCUT2D eigenvalue weighted by Crippen LogP contribution is -2.45. The Hall–Kier alpha value is -2.47. The van der Waals surface area contributed by atoms with Crippen molar-refractivity contribution in [3.63, 3.8) is 0 Å². The monoisotopic (exact) mass is 387 g/mol. The van der Waals surface area contributed by atoms with Crippen molar-refractivity contribution in [1.82, 2.24) is 4.90 Å². The number of imide groups is 1. The summed E-state index contributed by atoms with van der Waals surface area (Å²) < 4.78 is 5.07. The van der Waals surface area contributed by atoms with Gasteiger partial charge in [0.2, 0.25) is 11.8 Å². The molecule has 1 heterocycles. The van der Waals surface area contributed by atoms with Gasteiger partial charge < -0.3 is 4.74 Å². The molecule has 7 heteroatoms. The molecule has 6 nitrogen and oxygen atoms in total. The van der Waals surface area contributed by atoms with Gasteiger partial charge in [-0.1, -0.05) is 23.8 Å². The van der Waals surface area contributed by atoms with E-state index in [0.717, 1.165) is 11.3 Å². The first-order chi connectivity index (χ1) is 12.9. The number of halogens is 1. The molecule has 2 amide bonds. The second kappa shape index (κ2) is 6.60. The van der Waals surface area contributed by atoms with Gasteiger partial charge in [-0.15, -0.1) is 0 Å². The van der Waals surface area contributed by atoms with E-state index in [0.29, 0.717) is 10.6 Å². The minimum absolute atomic E-state index is 0.0798. The number of fused-ring (bicyclic) bond motifs is 5. The van der Waals surface area contributed by atoms with Crippen molar-refractivity contribution in [2.75, 3.05) is 6.61 Å². The fourth-order valence-electron chi connectivity index (χ4n) is 4.39. The number of allylic oxidation sites excluding steroid dienone is 2. The highest BCUT2D eigenvalue weighted by Gasteiger charge is 2.60. The molecule has 1 aromatic carbocycles. The molecule has 1 aliphatic heterocycles. The first-order valence-corrected chi connectivity index (χ1v) is 9.27. The normalized spacial score (nSPS) is 29.2. The molecule has 2 bridgehead atoms. The van der Waals surface area contributed by atoms with Crippen LogP contribution in [-0.4, -0.2) is 41.1 Å². The number of ketones is 1. The number of Topliss-reactive ketones (excluding diaryl/α,β-unsaturated/α-hetero) is 1. The van der Waals surface area contributed by atoms with E-state index in [1.54, 1.807) is 24.3 Å². The van der Waals surface area contributed by atoms with Crippen LogP contribution in [0.5, 0.6) is 0 Å². The van der Waals surface area contributed by atoms with Crippen LogP contribution in [0.3, 0.4) is 0 Å². The number of carbonyl (C=O) groups is 4. The molecule has 1 saturated carbocycles. The van der Waals surface area contributed by atoms with E-state index in [2.05, 4.69) is 0 Å². The number of nitrogens with zero attached hydrogens (tertiary/aromatic N) is 1. The Morgan fingerprint density at radius 3 is 2.22 bits per heavy atom. The standard InChI is InChI=1S/C20H18ClNO5/c1-10(20(26)27-9-15(23)11-4-6-14(21)7-5-11)22-18(24)16-12-2-3-13(8-12)17(16)19(22)25/h2-7,10,12-13,16-17H,8-9H2,1H3/t10-,12-,13+,16+,17-/m1/s1. The first-order valence-electron chi connectivity index (χ1n) is 8.89. The van der Waals surface area contributed by atoms with Crippen molar-refractivity contribution in [3.8, 4) is 0 Å². The highest BCUT2D eigenvalue weighted by Crippen LogP contribution is 2.52. The van der Waals surface area contributed by atoms with Crippen LogP contribution in [0.4, 0.5) is 0 Å². The topological polar surface area (TPSA) is 80.8 Å². The number of likely N-dealkylation sites (tertiary alicyclic amines) is 1. The highest BCUT2D eigenvalue weighted by molar-refractivity contribution is 6.30. The molecule has 0 aromatic heterocycles. The molecule has 0 N–H and O–H groups in total. The van der Waals surface area contributed by atoms with Gasteiger partial charge in [-0.25, -0.2) is 4.79 Å². The lowest BCUT2D eigenvalue weighted by molar-refractivity contribution is -0.157. The maximum Gasteiger partial charge on any atom is 0.329 e. The lowest BCUT2D eigenvalue weighted by atomic mass is 9.85. The van der Waals surface area contributed by atoms with E-state index in [1.165, 1.54) is 6.92 Å². The smallest absolute Gasteiger partial charge is 0.329 e. The van der Waals surface area contributed by atoms with E-state index in [9.17, 15) is 19.2 Å². The predicted octanol–water partition coefficient (Wildman–Crippen LogP) is 2.26. The van der Waals surface area contributed by atoms with Crippen molar-refractivity contribution in [3.05, 3.63) is 47.0 Å². The minimum Gasteiger partial charge on any atom is -0.456 e. The zero-order chi connectivity index (χ0) is 19.3. The predicted molar refractivity (Wildman–Crippen MR) is 95.8 cm³/mol. The van der Waals surface area contributed by atoms with Gasteiger partial charge >= 0.3 is 5.97 Å². The number of benzene rings is 1. The van der Waals surface area contributed by atoms with Crippen LogP contribution in [0.15, 0.2) is 36.4 Å². The maximum atomic E-state index is 12.7. The van der Waals surface area contributed by atoms with Crippen LogP contribution in [0.25, 0.3) is 0 Å². The SMILES string of the molecule is C[C@H](C(=O)OCC(=O)c1ccc(Cl)cc1)N1C(=O)[C@@H]2[C@H](C1=O)[C@H]1C=C[C@@H]2C1. The molecule has 4 rings (SSSR count). The quantitative estimate of drug-likeness (QED) is 0.335. The molecule has 1 aromatic rings.